The Balaban J connectivity index is 1.55. The molecule has 1 fully saturated rings. The number of para-hydroxylation sites is 1. The summed E-state index contributed by atoms with van der Waals surface area (Å²) in [6.07, 6.45) is 2.62. The van der Waals surface area contributed by atoms with Crippen molar-refractivity contribution >= 4 is 11.6 Å². The van der Waals surface area contributed by atoms with Crippen molar-refractivity contribution in [2.75, 3.05) is 31.6 Å². The fraction of sp³-hybridized carbons (Fsp3) is 0.533. The van der Waals surface area contributed by atoms with Gasteiger partial charge in [-0.1, -0.05) is 18.2 Å². The summed E-state index contributed by atoms with van der Waals surface area (Å²) in [5, 5.41) is 5.97. The van der Waals surface area contributed by atoms with Crippen LogP contribution >= 0.6 is 0 Å². The van der Waals surface area contributed by atoms with E-state index >= 15 is 0 Å². The zero-order valence-corrected chi connectivity index (χ0v) is 11.4. The van der Waals surface area contributed by atoms with Crippen LogP contribution in [0.2, 0.25) is 0 Å². The van der Waals surface area contributed by atoms with Crippen LogP contribution in [-0.4, -0.2) is 32.2 Å². The van der Waals surface area contributed by atoms with E-state index in [1.807, 2.05) is 31.2 Å². The third-order valence-corrected chi connectivity index (χ3v) is 3.18. The van der Waals surface area contributed by atoms with Crippen molar-refractivity contribution in [3.63, 3.8) is 0 Å². The van der Waals surface area contributed by atoms with E-state index in [1.165, 1.54) is 12.8 Å². The molecule has 0 spiro atoms. The van der Waals surface area contributed by atoms with Gasteiger partial charge in [0.1, 0.15) is 0 Å². The highest BCUT2D eigenvalue weighted by molar-refractivity contribution is 5.92. The Kier molecular flexibility index (Phi) is 5.36. The van der Waals surface area contributed by atoms with Crippen molar-refractivity contribution in [2.45, 2.75) is 19.8 Å². The average molecular weight is 262 g/mol. The van der Waals surface area contributed by atoms with E-state index in [9.17, 15) is 4.79 Å². The monoisotopic (exact) mass is 262 g/mol. The standard InChI is InChI=1S/C15H22N2O2/c1-12-4-2-3-5-14(12)17-15(18)10-16-8-9-19-11-13-6-7-13/h2-5,13,16H,6-11H2,1H3,(H,17,18). The van der Waals surface area contributed by atoms with Crippen LogP contribution in [0, 0.1) is 12.8 Å². The summed E-state index contributed by atoms with van der Waals surface area (Å²) >= 11 is 0. The number of carbonyl (C=O) groups excluding carboxylic acids is 1. The minimum atomic E-state index is -0.0171. The maximum Gasteiger partial charge on any atom is 0.238 e. The van der Waals surface area contributed by atoms with Crippen LogP contribution in [0.5, 0.6) is 0 Å². The molecule has 0 bridgehead atoms. The largest absolute Gasteiger partial charge is 0.380 e. The van der Waals surface area contributed by atoms with Crippen LogP contribution in [0.4, 0.5) is 5.69 Å². The van der Waals surface area contributed by atoms with E-state index in [4.69, 9.17) is 4.74 Å². The zero-order valence-electron chi connectivity index (χ0n) is 11.4. The van der Waals surface area contributed by atoms with Crippen LogP contribution in [-0.2, 0) is 9.53 Å². The Bertz CT molecular complexity index is 416. The van der Waals surface area contributed by atoms with Crippen LogP contribution in [0.25, 0.3) is 0 Å². The minimum absolute atomic E-state index is 0.0171. The molecule has 1 aliphatic rings. The molecule has 1 amide bonds. The lowest BCUT2D eigenvalue weighted by molar-refractivity contribution is -0.115. The Hall–Kier alpha value is -1.39. The quantitative estimate of drug-likeness (QED) is 0.704. The number of hydrogen-bond donors (Lipinski definition) is 2. The van der Waals surface area contributed by atoms with Crippen LogP contribution in [0.15, 0.2) is 24.3 Å². The molecule has 0 unspecified atom stereocenters. The van der Waals surface area contributed by atoms with Gasteiger partial charge >= 0.3 is 0 Å². The number of anilines is 1. The number of amides is 1. The molecule has 4 nitrogen and oxygen atoms in total. The van der Waals surface area contributed by atoms with Gasteiger partial charge in [0.25, 0.3) is 0 Å². The van der Waals surface area contributed by atoms with Gasteiger partial charge in [-0.2, -0.15) is 0 Å². The zero-order chi connectivity index (χ0) is 13.5. The highest BCUT2D eigenvalue weighted by Gasteiger charge is 2.20. The molecule has 0 atom stereocenters. The highest BCUT2D eigenvalue weighted by Crippen LogP contribution is 2.28. The predicted octanol–water partition coefficient (Wildman–Crippen LogP) is 1.95. The molecule has 104 valence electrons. The number of benzene rings is 1. The van der Waals surface area contributed by atoms with Gasteiger partial charge in [0.2, 0.25) is 5.91 Å². The summed E-state index contributed by atoms with van der Waals surface area (Å²) < 4.78 is 5.48. The second-order valence-corrected chi connectivity index (χ2v) is 5.06. The van der Waals surface area contributed by atoms with Gasteiger partial charge in [0.05, 0.1) is 13.2 Å². The fourth-order valence-electron chi connectivity index (χ4n) is 1.79. The molecule has 0 radical (unpaired) electrons. The van der Waals surface area contributed by atoms with E-state index in [0.29, 0.717) is 19.7 Å². The highest BCUT2D eigenvalue weighted by atomic mass is 16.5. The van der Waals surface area contributed by atoms with Crippen molar-refractivity contribution in [1.29, 1.82) is 0 Å². The molecule has 0 heterocycles. The molecule has 19 heavy (non-hydrogen) atoms. The summed E-state index contributed by atoms with van der Waals surface area (Å²) in [7, 11) is 0. The molecule has 1 aromatic carbocycles. The van der Waals surface area contributed by atoms with Crippen molar-refractivity contribution in [3.05, 3.63) is 29.8 Å². The van der Waals surface area contributed by atoms with E-state index < -0.39 is 0 Å². The first-order valence-corrected chi connectivity index (χ1v) is 6.89. The maximum absolute atomic E-state index is 11.7. The smallest absolute Gasteiger partial charge is 0.238 e. The lowest BCUT2D eigenvalue weighted by atomic mass is 10.2. The van der Waals surface area contributed by atoms with Gasteiger partial charge < -0.3 is 15.4 Å². The van der Waals surface area contributed by atoms with Crippen molar-refractivity contribution in [2.24, 2.45) is 5.92 Å². The third-order valence-electron chi connectivity index (χ3n) is 3.18. The van der Waals surface area contributed by atoms with E-state index in [-0.39, 0.29) is 5.91 Å². The second kappa shape index (κ2) is 7.26. The summed E-state index contributed by atoms with van der Waals surface area (Å²) in [5.74, 6) is 0.779. The second-order valence-electron chi connectivity index (χ2n) is 5.06. The first-order chi connectivity index (χ1) is 9.25. The molecule has 1 aromatic rings. The first kappa shape index (κ1) is 14.0. The van der Waals surface area contributed by atoms with E-state index in [0.717, 1.165) is 23.8 Å². The minimum Gasteiger partial charge on any atom is -0.380 e. The van der Waals surface area contributed by atoms with Crippen LogP contribution < -0.4 is 10.6 Å². The summed E-state index contributed by atoms with van der Waals surface area (Å²) in [5.41, 5.74) is 1.95. The number of nitrogens with one attached hydrogen (secondary N) is 2. The number of hydrogen-bond acceptors (Lipinski definition) is 3. The van der Waals surface area contributed by atoms with Crippen LogP contribution in [0.1, 0.15) is 18.4 Å². The Morgan fingerprint density at radius 1 is 1.37 bits per heavy atom. The lowest BCUT2D eigenvalue weighted by Gasteiger charge is -2.09. The molecule has 1 saturated carbocycles. The Morgan fingerprint density at radius 2 is 2.16 bits per heavy atom. The number of carbonyl (C=O) groups is 1. The van der Waals surface area contributed by atoms with Crippen molar-refractivity contribution in [3.8, 4) is 0 Å². The summed E-state index contributed by atoms with van der Waals surface area (Å²) in [6.45, 7) is 4.56. The summed E-state index contributed by atoms with van der Waals surface area (Å²) in [6, 6.07) is 7.77. The van der Waals surface area contributed by atoms with Gasteiger partial charge in [0, 0.05) is 18.8 Å². The molecular formula is C15H22N2O2. The Morgan fingerprint density at radius 3 is 2.89 bits per heavy atom. The molecule has 2 rings (SSSR count). The van der Waals surface area contributed by atoms with E-state index in [2.05, 4.69) is 10.6 Å². The van der Waals surface area contributed by atoms with Gasteiger partial charge in [-0.15, -0.1) is 0 Å². The molecule has 2 N–H and O–H groups in total. The lowest BCUT2D eigenvalue weighted by Crippen LogP contribution is -2.30. The Labute approximate surface area is 114 Å². The summed E-state index contributed by atoms with van der Waals surface area (Å²) in [4.78, 5) is 11.7. The molecule has 4 heteroatoms. The third kappa shape index (κ3) is 5.41. The van der Waals surface area contributed by atoms with E-state index in [1.54, 1.807) is 0 Å². The van der Waals surface area contributed by atoms with Gasteiger partial charge in [-0.3, -0.25) is 4.79 Å². The predicted molar refractivity (Wildman–Crippen MR) is 76.2 cm³/mol. The normalized spacial score (nSPS) is 14.4. The maximum atomic E-state index is 11.7. The fourth-order valence-corrected chi connectivity index (χ4v) is 1.79. The van der Waals surface area contributed by atoms with Gasteiger partial charge in [-0.05, 0) is 37.3 Å². The first-order valence-electron chi connectivity index (χ1n) is 6.89. The van der Waals surface area contributed by atoms with Gasteiger partial charge in [-0.25, -0.2) is 0 Å². The molecule has 0 saturated heterocycles. The number of rotatable bonds is 8. The number of aryl methyl sites for hydroxylation is 1. The van der Waals surface area contributed by atoms with Crippen molar-refractivity contribution in [1.82, 2.24) is 5.32 Å². The molecular weight excluding hydrogens is 240 g/mol. The molecule has 0 aliphatic heterocycles. The van der Waals surface area contributed by atoms with Crippen molar-refractivity contribution < 1.29 is 9.53 Å². The SMILES string of the molecule is Cc1ccccc1NC(=O)CNCCOCC1CC1. The van der Waals surface area contributed by atoms with Crippen LogP contribution in [0.3, 0.4) is 0 Å². The molecule has 0 aromatic heterocycles. The number of ether oxygens (including phenoxy) is 1. The average Bonchev–Trinajstić information content (AvgIpc) is 3.20. The van der Waals surface area contributed by atoms with Gasteiger partial charge in [0.15, 0.2) is 0 Å². The topological polar surface area (TPSA) is 50.4 Å². The molecule has 1 aliphatic carbocycles.